The van der Waals surface area contributed by atoms with E-state index in [1.54, 1.807) is 23.1 Å². The number of nitrogens with zero attached hydrogens (tertiary/aromatic N) is 2. The first-order valence-electron chi connectivity index (χ1n) is 9.37. The van der Waals surface area contributed by atoms with Gasteiger partial charge in [0.2, 0.25) is 5.91 Å². The highest BCUT2D eigenvalue weighted by Gasteiger charge is 2.21. The first-order valence-corrected chi connectivity index (χ1v) is 11.4. The number of rotatable bonds is 6. The molecule has 0 radical (unpaired) electrons. The molecule has 0 fully saturated rings. The Morgan fingerprint density at radius 2 is 1.93 bits per heavy atom. The van der Waals surface area contributed by atoms with Gasteiger partial charge in [-0.1, -0.05) is 42.5 Å². The average molecular weight is 410 g/mol. The van der Waals surface area contributed by atoms with Crippen LogP contribution in [0.2, 0.25) is 0 Å². The lowest BCUT2D eigenvalue weighted by Gasteiger charge is -2.25. The summed E-state index contributed by atoms with van der Waals surface area (Å²) in [7, 11) is 0. The fourth-order valence-corrected chi connectivity index (χ4v) is 4.85. The zero-order valence-electron chi connectivity index (χ0n) is 15.9. The summed E-state index contributed by atoms with van der Waals surface area (Å²) >= 11 is 3.31. The summed E-state index contributed by atoms with van der Waals surface area (Å²) in [5.41, 5.74) is 3.48. The molecule has 0 bridgehead atoms. The Kier molecular flexibility index (Phi) is 6.10. The van der Waals surface area contributed by atoms with E-state index in [4.69, 9.17) is 0 Å². The summed E-state index contributed by atoms with van der Waals surface area (Å²) in [5.74, 6) is -0.0101. The minimum absolute atomic E-state index is 0.0101. The minimum Gasteiger partial charge on any atom is -0.302 e. The molecule has 0 aliphatic carbocycles. The van der Waals surface area contributed by atoms with Gasteiger partial charge < -0.3 is 5.32 Å². The van der Waals surface area contributed by atoms with E-state index in [0.717, 1.165) is 42.4 Å². The fourth-order valence-electron chi connectivity index (χ4n) is 3.37. The number of amides is 1. The molecule has 28 heavy (non-hydrogen) atoms. The number of carbonyl (C=O) groups excluding carboxylic acids is 1. The number of aromatic nitrogens is 1. The summed E-state index contributed by atoms with van der Waals surface area (Å²) in [6.45, 7) is 2.85. The van der Waals surface area contributed by atoms with Crippen molar-refractivity contribution in [2.45, 2.75) is 30.8 Å². The molecule has 1 N–H and O–H groups in total. The Labute approximate surface area is 174 Å². The van der Waals surface area contributed by atoms with Crippen molar-refractivity contribution in [1.29, 1.82) is 0 Å². The van der Waals surface area contributed by atoms with Gasteiger partial charge in [0.25, 0.3) is 0 Å². The molecule has 4 rings (SSSR count). The van der Waals surface area contributed by atoms with Crippen LogP contribution >= 0.6 is 23.1 Å². The molecule has 1 aliphatic heterocycles. The van der Waals surface area contributed by atoms with Crippen LogP contribution in [-0.4, -0.2) is 28.6 Å². The number of thiazole rings is 1. The van der Waals surface area contributed by atoms with Crippen LogP contribution in [-0.2, 0) is 30.7 Å². The van der Waals surface area contributed by atoms with Crippen molar-refractivity contribution < 1.29 is 4.79 Å². The second-order valence-electron chi connectivity index (χ2n) is 6.91. The van der Waals surface area contributed by atoms with Crippen LogP contribution in [0, 0.1) is 0 Å². The van der Waals surface area contributed by atoms with Crippen LogP contribution in [0.5, 0.6) is 0 Å². The Hall–Kier alpha value is -2.15. The lowest BCUT2D eigenvalue weighted by atomic mass is 10.1. The molecule has 0 unspecified atom stereocenters. The van der Waals surface area contributed by atoms with E-state index in [1.165, 1.54) is 15.3 Å². The number of hydrogen-bond donors (Lipinski definition) is 1. The monoisotopic (exact) mass is 409 g/mol. The van der Waals surface area contributed by atoms with Crippen molar-refractivity contribution in [1.82, 2.24) is 9.88 Å². The molecular formula is C22H23N3OS2. The molecule has 4 nitrogen and oxygen atoms in total. The molecule has 0 saturated carbocycles. The van der Waals surface area contributed by atoms with Crippen molar-refractivity contribution in [3.05, 3.63) is 76.3 Å². The molecule has 0 atom stereocenters. The summed E-state index contributed by atoms with van der Waals surface area (Å²) in [4.78, 5) is 22.0. The standard InChI is InChI=1S/C22H23N3OS2/c1-27-18-9-7-16(8-10-18)13-21(26)24-22-23-19-11-12-25(15-20(19)28-22)14-17-5-3-2-4-6-17/h2-10H,11-15H2,1H3,(H,23,24,26). The van der Waals surface area contributed by atoms with Crippen LogP contribution in [0.25, 0.3) is 0 Å². The number of anilines is 1. The van der Waals surface area contributed by atoms with E-state index in [0.29, 0.717) is 6.42 Å². The van der Waals surface area contributed by atoms with Crippen molar-refractivity contribution in [3.63, 3.8) is 0 Å². The summed E-state index contributed by atoms with van der Waals surface area (Å²) < 4.78 is 0. The fraction of sp³-hybridized carbons (Fsp3) is 0.273. The molecule has 2 heterocycles. The van der Waals surface area contributed by atoms with Crippen molar-refractivity contribution >= 4 is 34.1 Å². The van der Waals surface area contributed by atoms with E-state index >= 15 is 0 Å². The van der Waals surface area contributed by atoms with Gasteiger partial charge in [-0.2, -0.15) is 0 Å². The van der Waals surface area contributed by atoms with Gasteiger partial charge in [-0.25, -0.2) is 4.98 Å². The molecular weight excluding hydrogens is 386 g/mol. The largest absolute Gasteiger partial charge is 0.302 e. The SMILES string of the molecule is CSc1ccc(CC(=O)Nc2nc3c(s2)CN(Cc2ccccc2)CC3)cc1. The first-order chi connectivity index (χ1) is 13.7. The number of thioether (sulfide) groups is 1. The highest BCUT2D eigenvalue weighted by Crippen LogP contribution is 2.29. The van der Waals surface area contributed by atoms with Gasteiger partial charge in [0.1, 0.15) is 0 Å². The molecule has 1 aromatic heterocycles. The molecule has 2 aromatic carbocycles. The first kappa shape index (κ1) is 19.2. The minimum atomic E-state index is -0.0101. The number of hydrogen-bond acceptors (Lipinski definition) is 5. The zero-order chi connectivity index (χ0) is 19.3. The van der Waals surface area contributed by atoms with Crippen LogP contribution in [0.15, 0.2) is 59.5 Å². The second kappa shape index (κ2) is 8.90. The number of carbonyl (C=O) groups is 1. The lowest BCUT2D eigenvalue weighted by Crippen LogP contribution is -2.29. The third-order valence-electron chi connectivity index (χ3n) is 4.83. The maximum absolute atomic E-state index is 12.4. The van der Waals surface area contributed by atoms with Crippen LogP contribution < -0.4 is 5.32 Å². The third-order valence-corrected chi connectivity index (χ3v) is 6.57. The highest BCUT2D eigenvalue weighted by atomic mass is 32.2. The Morgan fingerprint density at radius 1 is 1.14 bits per heavy atom. The van der Waals surface area contributed by atoms with Gasteiger partial charge in [-0.05, 0) is 29.5 Å². The van der Waals surface area contributed by atoms with Crippen molar-refractivity contribution in [3.8, 4) is 0 Å². The van der Waals surface area contributed by atoms with Gasteiger partial charge >= 0.3 is 0 Å². The number of benzene rings is 2. The average Bonchev–Trinajstić information content (AvgIpc) is 3.10. The van der Waals surface area contributed by atoms with Gasteiger partial charge in [0, 0.05) is 35.8 Å². The van der Waals surface area contributed by atoms with Crippen molar-refractivity contribution in [2.24, 2.45) is 0 Å². The van der Waals surface area contributed by atoms with E-state index in [9.17, 15) is 4.79 Å². The smallest absolute Gasteiger partial charge is 0.230 e. The van der Waals surface area contributed by atoms with Gasteiger partial charge in [-0.15, -0.1) is 23.1 Å². The molecule has 144 valence electrons. The van der Waals surface area contributed by atoms with Crippen molar-refractivity contribution in [2.75, 3.05) is 18.1 Å². The Balaban J connectivity index is 1.35. The summed E-state index contributed by atoms with van der Waals surface area (Å²) in [5, 5.41) is 3.71. The quantitative estimate of drug-likeness (QED) is 0.604. The summed E-state index contributed by atoms with van der Waals surface area (Å²) in [6, 6.07) is 18.7. The highest BCUT2D eigenvalue weighted by molar-refractivity contribution is 7.98. The maximum Gasteiger partial charge on any atom is 0.230 e. The Morgan fingerprint density at radius 3 is 2.68 bits per heavy atom. The van der Waals surface area contributed by atoms with E-state index < -0.39 is 0 Å². The molecule has 3 aromatic rings. The molecule has 0 spiro atoms. The molecule has 0 saturated heterocycles. The number of fused-ring (bicyclic) bond motifs is 1. The topological polar surface area (TPSA) is 45.2 Å². The maximum atomic E-state index is 12.4. The van der Waals surface area contributed by atoms with E-state index in [1.807, 2.05) is 24.5 Å². The lowest BCUT2D eigenvalue weighted by molar-refractivity contribution is -0.115. The second-order valence-corrected chi connectivity index (χ2v) is 8.87. The number of nitrogens with one attached hydrogen (secondary N) is 1. The van der Waals surface area contributed by atoms with E-state index in [2.05, 4.69) is 51.6 Å². The van der Waals surface area contributed by atoms with Crippen LogP contribution in [0.1, 0.15) is 21.7 Å². The Bertz CT molecular complexity index is 938. The van der Waals surface area contributed by atoms with Gasteiger partial charge in [-0.3, -0.25) is 9.69 Å². The van der Waals surface area contributed by atoms with E-state index in [-0.39, 0.29) is 5.91 Å². The predicted molar refractivity (Wildman–Crippen MR) is 117 cm³/mol. The zero-order valence-corrected chi connectivity index (χ0v) is 17.5. The van der Waals surface area contributed by atoms with Gasteiger partial charge in [0.05, 0.1) is 12.1 Å². The van der Waals surface area contributed by atoms with Crippen LogP contribution in [0.3, 0.4) is 0 Å². The van der Waals surface area contributed by atoms with Crippen LogP contribution in [0.4, 0.5) is 5.13 Å². The van der Waals surface area contributed by atoms with Gasteiger partial charge in [0.15, 0.2) is 5.13 Å². The predicted octanol–water partition coefficient (Wildman–Crippen LogP) is 4.60. The molecule has 1 amide bonds. The molecule has 1 aliphatic rings. The summed E-state index contributed by atoms with van der Waals surface area (Å²) in [6.07, 6.45) is 3.36. The normalized spacial score (nSPS) is 13.9. The molecule has 6 heteroatoms. The third kappa shape index (κ3) is 4.82.